The molecule has 0 unspecified atom stereocenters. The number of carbonyl (C=O) groups is 1. The van der Waals surface area contributed by atoms with Crippen molar-refractivity contribution >= 4 is 21.7 Å². The molecular weight excluding hydrogens is 180 g/mol. The predicted molar refractivity (Wildman–Crippen MR) is 42.8 cm³/mol. The van der Waals surface area contributed by atoms with Crippen molar-refractivity contribution in [2.45, 2.75) is 19.8 Å². The molecule has 0 bridgehead atoms. The summed E-state index contributed by atoms with van der Waals surface area (Å²) in [7, 11) is 0. The highest BCUT2D eigenvalue weighted by molar-refractivity contribution is 9.09. The van der Waals surface area contributed by atoms with Crippen molar-refractivity contribution < 1.29 is 4.79 Å². The fourth-order valence-corrected chi connectivity index (χ4v) is 0.791. The van der Waals surface area contributed by atoms with Crippen LogP contribution in [0.3, 0.4) is 0 Å². The Bertz CT molecular complexity index is 107. The number of halogens is 1. The van der Waals surface area contributed by atoms with E-state index in [9.17, 15) is 4.79 Å². The second-order valence-electron chi connectivity index (χ2n) is 1.76. The number of ketones is 1. The molecule has 0 radical (unpaired) electrons. The number of alkyl halides is 1. The minimum atomic E-state index is 0.219. The Morgan fingerprint density at radius 1 is 1.67 bits per heavy atom. The molecule has 2 heteroatoms. The molecule has 0 amide bonds. The molecule has 0 spiro atoms. The van der Waals surface area contributed by atoms with Gasteiger partial charge < -0.3 is 0 Å². The maximum absolute atomic E-state index is 10.7. The van der Waals surface area contributed by atoms with Crippen LogP contribution in [0.4, 0.5) is 0 Å². The van der Waals surface area contributed by atoms with Crippen molar-refractivity contribution in [2.75, 3.05) is 5.33 Å². The van der Waals surface area contributed by atoms with E-state index in [1.807, 2.05) is 6.92 Å². The lowest BCUT2D eigenvalue weighted by molar-refractivity contribution is -0.114. The van der Waals surface area contributed by atoms with Gasteiger partial charge in [-0.25, -0.2) is 0 Å². The molecule has 0 rings (SSSR count). The van der Waals surface area contributed by atoms with Gasteiger partial charge in [-0.15, -0.1) is 0 Å². The zero-order chi connectivity index (χ0) is 7.11. The predicted octanol–water partition coefficient (Wildman–Crippen LogP) is 2.31. The minimum Gasteiger partial charge on any atom is -0.295 e. The monoisotopic (exact) mass is 190 g/mol. The average Bonchev–Trinajstić information content (AvgIpc) is 1.85. The molecule has 1 nitrogen and oxygen atoms in total. The van der Waals surface area contributed by atoms with E-state index in [2.05, 4.69) is 15.9 Å². The Balaban J connectivity index is 3.27. The first-order valence-electron chi connectivity index (χ1n) is 3.02. The van der Waals surface area contributed by atoms with Crippen molar-refractivity contribution in [3.8, 4) is 0 Å². The highest BCUT2D eigenvalue weighted by Crippen LogP contribution is 1.95. The summed E-state index contributed by atoms with van der Waals surface area (Å²) in [6.45, 7) is 1.85. The second kappa shape index (κ2) is 6.02. The van der Waals surface area contributed by atoms with Crippen LogP contribution in [-0.4, -0.2) is 11.1 Å². The third-order valence-electron chi connectivity index (χ3n) is 0.909. The quantitative estimate of drug-likeness (QED) is 0.492. The fourth-order valence-electron chi connectivity index (χ4n) is 0.510. The van der Waals surface area contributed by atoms with E-state index in [1.165, 1.54) is 0 Å². The lowest BCUT2D eigenvalue weighted by Gasteiger charge is -1.88. The van der Waals surface area contributed by atoms with Crippen LogP contribution in [-0.2, 0) is 4.79 Å². The lowest BCUT2D eigenvalue weighted by Crippen LogP contribution is -1.91. The van der Waals surface area contributed by atoms with Crippen LogP contribution < -0.4 is 0 Å². The van der Waals surface area contributed by atoms with E-state index in [0.29, 0.717) is 6.42 Å². The summed E-state index contributed by atoms with van der Waals surface area (Å²) in [6.07, 6.45) is 4.98. The van der Waals surface area contributed by atoms with Gasteiger partial charge >= 0.3 is 0 Å². The molecule has 0 fully saturated rings. The number of hydrogen-bond donors (Lipinski definition) is 0. The Hall–Kier alpha value is -0.110. The summed E-state index contributed by atoms with van der Waals surface area (Å²) in [6, 6.07) is 0. The minimum absolute atomic E-state index is 0.219. The maximum Gasteiger partial charge on any atom is 0.155 e. The Morgan fingerprint density at radius 2 is 2.33 bits per heavy atom. The Labute approximate surface area is 64.3 Å². The second-order valence-corrected chi connectivity index (χ2v) is 2.55. The first kappa shape index (κ1) is 8.89. The maximum atomic E-state index is 10.7. The molecule has 0 N–H and O–H groups in total. The first-order valence-corrected chi connectivity index (χ1v) is 4.15. The largest absolute Gasteiger partial charge is 0.295 e. The third-order valence-corrected chi connectivity index (χ3v) is 1.47. The van der Waals surface area contributed by atoms with Crippen LogP contribution in [0.25, 0.3) is 0 Å². The molecule has 0 aliphatic carbocycles. The molecule has 0 aliphatic rings. The molecule has 0 aromatic carbocycles. The van der Waals surface area contributed by atoms with E-state index in [0.717, 1.165) is 11.8 Å². The van der Waals surface area contributed by atoms with Crippen LogP contribution in [0.15, 0.2) is 12.2 Å². The van der Waals surface area contributed by atoms with Crippen molar-refractivity contribution in [2.24, 2.45) is 0 Å². The number of hydrogen-bond acceptors (Lipinski definition) is 1. The molecule has 52 valence electrons. The standard InChI is InChI=1S/C7H11BrO/c1-2-4-7(9)5-3-6-8/h2,4H,3,5-6H2,1H3/b4-2+. The molecular formula is C7H11BrO. The van der Waals surface area contributed by atoms with Gasteiger partial charge in [0.15, 0.2) is 5.78 Å². The third kappa shape index (κ3) is 5.77. The molecule has 0 heterocycles. The Kier molecular flexibility index (Phi) is 5.94. The van der Waals surface area contributed by atoms with E-state index < -0.39 is 0 Å². The summed E-state index contributed by atoms with van der Waals surface area (Å²) in [5.41, 5.74) is 0. The van der Waals surface area contributed by atoms with Crippen molar-refractivity contribution in [3.63, 3.8) is 0 Å². The molecule has 0 aromatic heterocycles. The van der Waals surface area contributed by atoms with E-state index >= 15 is 0 Å². The highest BCUT2D eigenvalue weighted by Gasteiger charge is 1.92. The molecule has 0 aromatic rings. The highest BCUT2D eigenvalue weighted by atomic mass is 79.9. The smallest absolute Gasteiger partial charge is 0.155 e. The van der Waals surface area contributed by atoms with Gasteiger partial charge in [-0.3, -0.25) is 4.79 Å². The fraction of sp³-hybridized carbons (Fsp3) is 0.571. The van der Waals surface area contributed by atoms with Gasteiger partial charge in [0.1, 0.15) is 0 Å². The van der Waals surface area contributed by atoms with Gasteiger partial charge in [0, 0.05) is 11.8 Å². The van der Waals surface area contributed by atoms with Crippen LogP contribution in [0.2, 0.25) is 0 Å². The summed E-state index contributed by atoms with van der Waals surface area (Å²) >= 11 is 3.25. The average molecular weight is 191 g/mol. The van der Waals surface area contributed by atoms with Gasteiger partial charge in [0.05, 0.1) is 0 Å². The summed E-state index contributed by atoms with van der Waals surface area (Å²) in [5.74, 6) is 0.219. The van der Waals surface area contributed by atoms with Gasteiger partial charge in [0.25, 0.3) is 0 Å². The number of rotatable bonds is 4. The van der Waals surface area contributed by atoms with Crippen LogP contribution >= 0.6 is 15.9 Å². The van der Waals surface area contributed by atoms with Gasteiger partial charge in [0.2, 0.25) is 0 Å². The summed E-state index contributed by atoms with van der Waals surface area (Å²) in [4.78, 5) is 10.7. The zero-order valence-corrected chi connectivity index (χ0v) is 7.15. The zero-order valence-electron chi connectivity index (χ0n) is 5.56. The molecule has 0 saturated carbocycles. The van der Waals surface area contributed by atoms with Crippen LogP contribution in [0, 0.1) is 0 Å². The van der Waals surface area contributed by atoms with Crippen LogP contribution in [0.1, 0.15) is 19.8 Å². The van der Waals surface area contributed by atoms with E-state index in [4.69, 9.17) is 0 Å². The Morgan fingerprint density at radius 3 is 2.78 bits per heavy atom. The molecule has 0 aliphatic heterocycles. The number of allylic oxidation sites excluding steroid dienone is 2. The van der Waals surface area contributed by atoms with Gasteiger partial charge in [-0.2, -0.15) is 0 Å². The molecule has 0 saturated heterocycles. The molecule has 9 heavy (non-hydrogen) atoms. The van der Waals surface area contributed by atoms with Gasteiger partial charge in [-0.1, -0.05) is 22.0 Å². The normalized spacial score (nSPS) is 10.4. The van der Waals surface area contributed by atoms with E-state index in [-0.39, 0.29) is 5.78 Å². The van der Waals surface area contributed by atoms with Crippen molar-refractivity contribution in [1.82, 2.24) is 0 Å². The van der Waals surface area contributed by atoms with Gasteiger partial charge in [-0.05, 0) is 19.4 Å². The lowest BCUT2D eigenvalue weighted by atomic mass is 10.2. The van der Waals surface area contributed by atoms with E-state index in [1.54, 1.807) is 12.2 Å². The summed E-state index contributed by atoms with van der Waals surface area (Å²) in [5, 5.41) is 0.913. The van der Waals surface area contributed by atoms with Crippen molar-refractivity contribution in [1.29, 1.82) is 0 Å². The van der Waals surface area contributed by atoms with Crippen LogP contribution in [0.5, 0.6) is 0 Å². The first-order chi connectivity index (χ1) is 4.31. The summed E-state index contributed by atoms with van der Waals surface area (Å²) < 4.78 is 0. The molecule has 0 atom stereocenters. The topological polar surface area (TPSA) is 17.1 Å². The number of carbonyl (C=O) groups excluding carboxylic acids is 1. The SMILES string of the molecule is C/C=C/C(=O)CCCBr. The van der Waals surface area contributed by atoms with Crippen molar-refractivity contribution in [3.05, 3.63) is 12.2 Å².